The third kappa shape index (κ3) is 5.44. The molecular formula is C21H7F15N2O2. The normalized spacial score (nSPS) is 12.6. The molecule has 4 N–H and O–H groups in total. The molecule has 0 aliphatic rings. The predicted molar refractivity (Wildman–Crippen MR) is 103 cm³/mol. The van der Waals surface area contributed by atoms with Crippen LogP contribution in [0.1, 0.15) is 16.7 Å². The van der Waals surface area contributed by atoms with Gasteiger partial charge in [0.1, 0.15) is 34.1 Å². The highest BCUT2D eigenvalue weighted by Crippen LogP contribution is 2.48. The van der Waals surface area contributed by atoms with Crippen LogP contribution in [-0.2, 0) is 18.5 Å². The van der Waals surface area contributed by atoms with Crippen molar-refractivity contribution in [1.82, 2.24) is 0 Å². The van der Waals surface area contributed by atoms with Crippen molar-refractivity contribution in [3.63, 3.8) is 0 Å². The van der Waals surface area contributed by atoms with Gasteiger partial charge in [-0.15, -0.1) is 0 Å². The molecule has 0 heterocycles. The summed E-state index contributed by atoms with van der Waals surface area (Å²) in [5.74, 6) is -22.4. The molecule has 19 heteroatoms. The Morgan fingerprint density at radius 2 is 0.750 bits per heavy atom. The summed E-state index contributed by atoms with van der Waals surface area (Å²) >= 11 is 0. The smallest absolute Gasteiger partial charge is 0.422 e. The molecule has 0 spiro atoms. The van der Waals surface area contributed by atoms with Crippen LogP contribution in [-0.4, -0.2) is 0 Å². The van der Waals surface area contributed by atoms with E-state index < -0.39 is 117 Å². The van der Waals surface area contributed by atoms with Crippen molar-refractivity contribution in [3.05, 3.63) is 69.8 Å². The lowest BCUT2D eigenvalue weighted by Crippen LogP contribution is -2.16. The molecule has 0 saturated heterocycles. The number of nitrogen functional groups attached to an aromatic ring is 2. The zero-order chi connectivity index (χ0) is 30.7. The first kappa shape index (κ1) is 30.4. The molecule has 0 fully saturated rings. The number of halogens is 15. The average Bonchev–Trinajstić information content (AvgIpc) is 2.75. The van der Waals surface area contributed by atoms with Crippen LogP contribution in [0.2, 0.25) is 0 Å². The van der Waals surface area contributed by atoms with Crippen LogP contribution in [0.15, 0.2) is 18.2 Å². The van der Waals surface area contributed by atoms with E-state index in [0.29, 0.717) is 0 Å². The number of anilines is 2. The Morgan fingerprint density at radius 3 is 1.10 bits per heavy atom. The Hall–Kier alpha value is -4.19. The quantitative estimate of drug-likeness (QED) is 0.232. The lowest BCUT2D eigenvalue weighted by atomic mass is 10.1. The van der Waals surface area contributed by atoms with Crippen molar-refractivity contribution < 1.29 is 75.3 Å². The molecule has 3 aromatic carbocycles. The van der Waals surface area contributed by atoms with Gasteiger partial charge in [-0.3, -0.25) is 0 Å². The Morgan fingerprint density at radius 1 is 0.450 bits per heavy atom. The average molecular weight is 604 g/mol. The Kier molecular flexibility index (Phi) is 7.42. The second-order valence-electron chi connectivity index (χ2n) is 7.49. The lowest BCUT2D eigenvalue weighted by molar-refractivity contribution is -0.141. The first-order valence-electron chi connectivity index (χ1n) is 9.71. The van der Waals surface area contributed by atoms with E-state index in [1.165, 1.54) is 0 Å². The molecule has 0 bridgehead atoms. The van der Waals surface area contributed by atoms with Gasteiger partial charge in [0, 0.05) is 18.2 Å². The highest BCUT2D eigenvalue weighted by molar-refractivity contribution is 5.58. The summed E-state index contributed by atoms with van der Waals surface area (Å²) in [5.41, 5.74) is -1.79. The first-order chi connectivity index (χ1) is 18.1. The summed E-state index contributed by atoms with van der Waals surface area (Å²) in [6, 6.07) is -1.35. The van der Waals surface area contributed by atoms with Gasteiger partial charge in [-0.25, -0.2) is 22.0 Å². The standard InChI is InChI=1S/C21H7F15N2O2/c22-4-1-7(13(25)16(37)10(4)19(28,29)30)39-9-3-6(24)12(21(34,35)36)18(15(9)27)40-8-2-5(23)11(20(31,32)33)17(38)14(8)26/h1-3H,37-38H2. The molecule has 0 atom stereocenters. The van der Waals surface area contributed by atoms with Gasteiger partial charge in [0.25, 0.3) is 0 Å². The topological polar surface area (TPSA) is 70.5 Å². The molecule has 218 valence electrons. The molecule has 0 radical (unpaired) electrons. The van der Waals surface area contributed by atoms with Crippen LogP contribution in [0.3, 0.4) is 0 Å². The number of ether oxygens (including phenoxy) is 2. The van der Waals surface area contributed by atoms with Crippen molar-refractivity contribution in [2.75, 3.05) is 11.5 Å². The van der Waals surface area contributed by atoms with E-state index >= 15 is 4.39 Å². The summed E-state index contributed by atoms with van der Waals surface area (Å²) in [6.07, 6.45) is -17.1. The highest BCUT2D eigenvalue weighted by atomic mass is 19.4. The fourth-order valence-corrected chi connectivity index (χ4v) is 3.21. The zero-order valence-electron chi connectivity index (χ0n) is 18.4. The molecule has 3 aromatic rings. The summed E-state index contributed by atoms with van der Waals surface area (Å²) in [6.45, 7) is 0. The molecule has 0 amide bonds. The maximum atomic E-state index is 15.0. The number of rotatable bonds is 4. The maximum absolute atomic E-state index is 15.0. The lowest BCUT2D eigenvalue weighted by Gasteiger charge is -2.20. The SMILES string of the molecule is Nc1c(F)c(Oc2cc(F)c(C(F)(F)F)c(Oc3cc(F)c(C(F)(F)F)c(N)c3F)c2F)cc(F)c1C(F)(F)F. The van der Waals surface area contributed by atoms with Crippen molar-refractivity contribution in [2.24, 2.45) is 0 Å². The van der Waals surface area contributed by atoms with Crippen molar-refractivity contribution in [2.45, 2.75) is 18.5 Å². The van der Waals surface area contributed by atoms with Gasteiger partial charge < -0.3 is 20.9 Å². The van der Waals surface area contributed by atoms with Crippen LogP contribution in [0.4, 0.5) is 77.2 Å². The third-order valence-electron chi connectivity index (χ3n) is 4.86. The number of nitrogens with two attached hydrogens (primary N) is 2. The number of alkyl halides is 9. The van der Waals surface area contributed by atoms with Gasteiger partial charge >= 0.3 is 18.5 Å². The fourth-order valence-electron chi connectivity index (χ4n) is 3.21. The van der Waals surface area contributed by atoms with E-state index in [0.717, 1.165) is 0 Å². The summed E-state index contributed by atoms with van der Waals surface area (Å²) < 4.78 is 212. The second kappa shape index (κ2) is 9.77. The van der Waals surface area contributed by atoms with E-state index in [1.807, 2.05) is 0 Å². The minimum absolute atomic E-state index is 0.379. The second-order valence-corrected chi connectivity index (χ2v) is 7.49. The van der Waals surface area contributed by atoms with Gasteiger partial charge in [0.15, 0.2) is 34.6 Å². The first-order valence-corrected chi connectivity index (χ1v) is 9.71. The zero-order valence-corrected chi connectivity index (χ0v) is 18.4. The van der Waals surface area contributed by atoms with Gasteiger partial charge in [-0.2, -0.15) is 43.9 Å². The third-order valence-corrected chi connectivity index (χ3v) is 4.86. The molecule has 0 unspecified atom stereocenters. The number of hydrogen-bond donors (Lipinski definition) is 2. The van der Waals surface area contributed by atoms with Gasteiger partial charge in [-0.1, -0.05) is 0 Å². The molecule has 40 heavy (non-hydrogen) atoms. The van der Waals surface area contributed by atoms with Crippen LogP contribution < -0.4 is 20.9 Å². The van der Waals surface area contributed by atoms with Gasteiger partial charge in [-0.05, 0) is 0 Å². The largest absolute Gasteiger partial charge is 0.451 e. The summed E-state index contributed by atoms with van der Waals surface area (Å²) in [7, 11) is 0. The van der Waals surface area contributed by atoms with Crippen LogP contribution in [0, 0.1) is 34.9 Å². The number of benzene rings is 3. The minimum Gasteiger partial charge on any atom is -0.451 e. The van der Waals surface area contributed by atoms with Gasteiger partial charge in [0.2, 0.25) is 5.82 Å². The molecule has 0 aromatic heterocycles. The van der Waals surface area contributed by atoms with Crippen molar-refractivity contribution in [3.8, 4) is 23.0 Å². The Labute approximate surface area is 210 Å². The monoisotopic (exact) mass is 604 g/mol. The summed E-state index contributed by atoms with van der Waals surface area (Å²) in [4.78, 5) is 0. The highest BCUT2D eigenvalue weighted by Gasteiger charge is 2.43. The minimum atomic E-state index is -5.92. The van der Waals surface area contributed by atoms with Crippen molar-refractivity contribution in [1.29, 1.82) is 0 Å². The van der Waals surface area contributed by atoms with E-state index in [2.05, 4.69) is 9.47 Å². The van der Waals surface area contributed by atoms with Crippen molar-refractivity contribution >= 4 is 11.4 Å². The molecule has 4 nitrogen and oxygen atoms in total. The fraction of sp³-hybridized carbons (Fsp3) is 0.143. The molecule has 0 aliphatic heterocycles. The molecular weight excluding hydrogens is 597 g/mol. The van der Waals surface area contributed by atoms with Crippen LogP contribution in [0.25, 0.3) is 0 Å². The number of hydrogen-bond acceptors (Lipinski definition) is 4. The van der Waals surface area contributed by atoms with E-state index in [1.54, 1.807) is 0 Å². The van der Waals surface area contributed by atoms with Gasteiger partial charge in [0.05, 0.1) is 11.4 Å². The van der Waals surface area contributed by atoms with E-state index in [-0.39, 0.29) is 6.07 Å². The van der Waals surface area contributed by atoms with Crippen LogP contribution in [0.5, 0.6) is 23.0 Å². The molecule has 0 saturated carbocycles. The van der Waals surface area contributed by atoms with Crippen LogP contribution >= 0.6 is 0 Å². The molecule has 0 aliphatic carbocycles. The van der Waals surface area contributed by atoms with E-state index in [9.17, 15) is 61.5 Å². The van der Waals surface area contributed by atoms with E-state index in [4.69, 9.17) is 11.5 Å². The Balaban J connectivity index is 2.23. The Bertz CT molecular complexity index is 1490. The molecule has 3 rings (SSSR count). The summed E-state index contributed by atoms with van der Waals surface area (Å²) in [5, 5.41) is 0. The predicted octanol–water partition coefficient (Wildman–Crippen LogP) is 8.33. The maximum Gasteiger partial charge on any atom is 0.422 e.